The van der Waals surface area contributed by atoms with Crippen LogP contribution >= 0.6 is 15.9 Å². The molecular weight excluding hydrogens is 302 g/mol. The van der Waals surface area contributed by atoms with Crippen molar-refractivity contribution in [3.8, 4) is 0 Å². The first-order chi connectivity index (χ1) is 8.85. The number of Topliss-reactive ketones (excluding diaryl/α,β-unsaturated/α-hetero) is 1. The van der Waals surface area contributed by atoms with Gasteiger partial charge in [-0.05, 0) is 43.0 Å². The van der Waals surface area contributed by atoms with Gasteiger partial charge in [0.15, 0.2) is 5.78 Å². The molecule has 1 rings (SSSR count). The summed E-state index contributed by atoms with van der Waals surface area (Å²) < 4.78 is 0. The van der Waals surface area contributed by atoms with E-state index in [1.165, 1.54) is 11.3 Å². The number of hydrogen-bond acceptors (Lipinski definition) is 2. The van der Waals surface area contributed by atoms with Crippen molar-refractivity contribution in [3.63, 3.8) is 0 Å². The minimum atomic E-state index is 0.0283. The molecule has 0 spiro atoms. The molecule has 1 aromatic carbocycles. The molecule has 0 aromatic heterocycles. The zero-order valence-corrected chi connectivity index (χ0v) is 14.2. The monoisotopic (exact) mass is 325 g/mol. The van der Waals surface area contributed by atoms with E-state index in [1.807, 2.05) is 6.07 Å². The van der Waals surface area contributed by atoms with Crippen molar-refractivity contribution in [3.05, 3.63) is 29.3 Å². The Hall–Kier alpha value is -0.830. The summed E-state index contributed by atoms with van der Waals surface area (Å²) in [4.78, 5) is 14.2. The fourth-order valence-electron chi connectivity index (χ4n) is 2.23. The summed E-state index contributed by atoms with van der Waals surface area (Å²) in [5, 5.41) is 0.376. The van der Waals surface area contributed by atoms with Crippen LogP contribution in [0.25, 0.3) is 0 Å². The van der Waals surface area contributed by atoms with E-state index in [0.717, 1.165) is 18.7 Å². The number of halogens is 1. The molecule has 19 heavy (non-hydrogen) atoms. The highest BCUT2D eigenvalue weighted by Gasteiger charge is 2.21. The first-order valence-corrected chi connectivity index (χ1v) is 7.95. The number of anilines is 1. The van der Waals surface area contributed by atoms with Gasteiger partial charge in [0.05, 0.1) is 5.33 Å². The summed E-state index contributed by atoms with van der Waals surface area (Å²) in [5.41, 5.74) is 3.30. The third-order valence-corrected chi connectivity index (χ3v) is 3.86. The molecule has 0 fully saturated rings. The van der Waals surface area contributed by atoms with Gasteiger partial charge in [0.2, 0.25) is 0 Å². The smallest absolute Gasteiger partial charge is 0.173 e. The Morgan fingerprint density at radius 3 is 2.21 bits per heavy atom. The Morgan fingerprint density at radius 1 is 1.21 bits per heavy atom. The van der Waals surface area contributed by atoms with Crippen LogP contribution in [0.5, 0.6) is 0 Å². The lowest BCUT2D eigenvalue weighted by Gasteiger charge is -2.30. The van der Waals surface area contributed by atoms with Crippen molar-refractivity contribution in [2.24, 2.45) is 0 Å². The van der Waals surface area contributed by atoms with Crippen molar-refractivity contribution >= 4 is 27.4 Å². The molecule has 0 saturated heterocycles. The normalized spacial score (nSPS) is 11.5. The number of benzene rings is 1. The van der Waals surface area contributed by atoms with Gasteiger partial charge in [-0.1, -0.05) is 36.7 Å². The van der Waals surface area contributed by atoms with Crippen LogP contribution in [-0.4, -0.2) is 24.2 Å². The first kappa shape index (κ1) is 16.2. The van der Waals surface area contributed by atoms with Crippen molar-refractivity contribution in [1.29, 1.82) is 0 Å². The number of ketones is 1. The second-order valence-corrected chi connectivity index (χ2v) is 6.27. The number of carbonyl (C=O) groups excluding carboxylic acids is 1. The molecule has 0 atom stereocenters. The topological polar surface area (TPSA) is 20.3 Å². The molecular formula is C16H24BrNO. The summed E-state index contributed by atoms with van der Waals surface area (Å²) in [5.74, 6) is 0.136. The highest BCUT2D eigenvalue weighted by molar-refractivity contribution is 9.09. The molecule has 3 heteroatoms. The van der Waals surface area contributed by atoms with Gasteiger partial charge < -0.3 is 4.90 Å². The summed E-state index contributed by atoms with van der Waals surface area (Å²) in [6.45, 7) is 12.9. The van der Waals surface area contributed by atoms with Crippen LogP contribution < -0.4 is 4.90 Å². The summed E-state index contributed by atoms with van der Waals surface area (Å²) in [6, 6.07) is 6.08. The van der Waals surface area contributed by atoms with E-state index in [4.69, 9.17) is 0 Å². The average Bonchev–Trinajstić information content (AvgIpc) is 2.38. The third kappa shape index (κ3) is 3.82. The predicted molar refractivity (Wildman–Crippen MR) is 86.8 cm³/mol. The molecule has 1 aromatic rings. The van der Waals surface area contributed by atoms with Gasteiger partial charge in [-0.3, -0.25) is 4.79 Å². The number of carbonyl (C=O) groups is 1. The highest BCUT2D eigenvalue weighted by Crippen LogP contribution is 2.33. The van der Waals surface area contributed by atoms with Crippen molar-refractivity contribution < 1.29 is 4.79 Å². The molecule has 0 bridgehead atoms. The van der Waals surface area contributed by atoms with Crippen LogP contribution in [0.4, 0.5) is 5.69 Å². The van der Waals surface area contributed by atoms with E-state index in [2.05, 4.69) is 67.6 Å². The molecule has 0 radical (unpaired) electrons. The quantitative estimate of drug-likeness (QED) is 0.590. The Bertz CT molecular complexity index is 445. The van der Waals surface area contributed by atoms with Gasteiger partial charge in [-0.15, -0.1) is 0 Å². The average molecular weight is 326 g/mol. The molecule has 0 N–H and O–H groups in total. The first-order valence-electron chi connectivity index (χ1n) is 6.83. The van der Waals surface area contributed by atoms with E-state index < -0.39 is 0 Å². The fourth-order valence-corrected chi connectivity index (χ4v) is 2.55. The Balaban J connectivity index is 3.36. The number of hydrogen-bond donors (Lipinski definition) is 0. The van der Waals surface area contributed by atoms with Crippen molar-refractivity contribution in [1.82, 2.24) is 0 Å². The number of alkyl halides is 1. The Morgan fingerprint density at radius 2 is 1.79 bits per heavy atom. The molecule has 0 heterocycles. The van der Waals surface area contributed by atoms with Crippen LogP contribution in [0.2, 0.25) is 0 Å². The van der Waals surface area contributed by atoms with Crippen molar-refractivity contribution in [2.45, 2.75) is 40.0 Å². The maximum atomic E-state index is 11.9. The molecule has 0 unspecified atom stereocenters. The lowest BCUT2D eigenvalue weighted by molar-refractivity contribution is 0.102. The number of nitrogens with zero attached hydrogens (tertiary/aromatic N) is 1. The number of rotatable bonds is 5. The summed E-state index contributed by atoms with van der Waals surface area (Å²) in [7, 11) is 0. The second-order valence-electron chi connectivity index (χ2n) is 5.71. The van der Waals surface area contributed by atoms with Gasteiger partial charge in [0.25, 0.3) is 0 Å². The van der Waals surface area contributed by atoms with Gasteiger partial charge in [-0.25, -0.2) is 0 Å². The molecule has 0 aliphatic carbocycles. The minimum Gasteiger partial charge on any atom is -0.372 e. The molecule has 106 valence electrons. The lowest BCUT2D eigenvalue weighted by atomic mass is 9.84. The van der Waals surface area contributed by atoms with Gasteiger partial charge >= 0.3 is 0 Å². The molecule has 2 nitrogen and oxygen atoms in total. The van der Waals surface area contributed by atoms with Crippen LogP contribution in [-0.2, 0) is 5.41 Å². The zero-order chi connectivity index (χ0) is 14.6. The van der Waals surface area contributed by atoms with E-state index in [-0.39, 0.29) is 11.2 Å². The molecule has 0 aliphatic heterocycles. The van der Waals surface area contributed by atoms with Gasteiger partial charge in [0, 0.05) is 24.3 Å². The summed E-state index contributed by atoms with van der Waals surface area (Å²) in [6.07, 6.45) is 0. The van der Waals surface area contributed by atoms with Crippen molar-refractivity contribution in [2.75, 3.05) is 23.3 Å². The van der Waals surface area contributed by atoms with Crippen LogP contribution in [0.15, 0.2) is 18.2 Å². The predicted octanol–water partition coefficient (Wildman–Crippen LogP) is 4.41. The Kier molecular flexibility index (Phi) is 5.60. The minimum absolute atomic E-state index is 0.0283. The van der Waals surface area contributed by atoms with E-state index in [0.29, 0.717) is 5.33 Å². The standard InChI is InChI=1S/C16H24BrNO/c1-6-18(7-2)14-9-8-12(15(19)11-17)10-13(14)16(3,4)5/h8-10H,6-7,11H2,1-5H3. The second kappa shape index (κ2) is 6.56. The van der Waals surface area contributed by atoms with Crippen LogP contribution in [0, 0.1) is 0 Å². The largest absolute Gasteiger partial charge is 0.372 e. The Labute approximate surface area is 125 Å². The SMILES string of the molecule is CCN(CC)c1ccc(C(=O)CBr)cc1C(C)(C)C. The van der Waals surface area contributed by atoms with E-state index in [1.54, 1.807) is 0 Å². The third-order valence-electron chi connectivity index (χ3n) is 3.35. The van der Waals surface area contributed by atoms with Crippen LogP contribution in [0.1, 0.15) is 50.5 Å². The molecule has 0 aliphatic rings. The fraction of sp³-hybridized carbons (Fsp3) is 0.562. The van der Waals surface area contributed by atoms with E-state index >= 15 is 0 Å². The zero-order valence-electron chi connectivity index (χ0n) is 12.6. The van der Waals surface area contributed by atoms with Crippen LogP contribution in [0.3, 0.4) is 0 Å². The van der Waals surface area contributed by atoms with E-state index in [9.17, 15) is 4.79 Å². The maximum absolute atomic E-state index is 11.9. The maximum Gasteiger partial charge on any atom is 0.173 e. The summed E-state index contributed by atoms with van der Waals surface area (Å²) >= 11 is 3.24. The molecule has 0 amide bonds. The molecule has 0 saturated carbocycles. The van der Waals surface area contributed by atoms with Gasteiger partial charge in [0.1, 0.15) is 0 Å². The lowest BCUT2D eigenvalue weighted by Crippen LogP contribution is -2.26. The highest BCUT2D eigenvalue weighted by atomic mass is 79.9. The van der Waals surface area contributed by atoms with Gasteiger partial charge in [-0.2, -0.15) is 0 Å².